The second-order valence-electron chi connectivity index (χ2n) is 3.12. The number of rotatable bonds is 3. The largest absolute Gasteiger partial charge is 0.298 e. The molecule has 0 saturated carbocycles. The maximum absolute atomic E-state index is 12.6. The van der Waals surface area contributed by atoms with Gasteiger partial charge in [0.15, 0.2) is 12.1 Å². The van der Waals surface area contributed by atoms with Gasteiger partial charge in [0.2, 0.25) is 0 Å². The number of alkyl halides is 2. The van der Waals surface area contributed by atoms with Gasteiger partial charge in [-0.15, -0.1) is 0 Å². The summed E-state index contributed by atoms with van der Waals surface area (Å²) < 4.78 is 25.2. The first-order valence-electron chi connectivity index (χ1n) is 4.33. The van der Waals surface area contributed by atoms with E-state index in [1.807, 2.05) is 0 Å². The number of nitriles is 1. The number of benzene rings is 1. The first-order valence-corrected chi connectivity index (χ1v) is 4.33. The van der Waals surface area contributed by atoms with Crippen molar-refractivity contribution < 1.29 is 18.4 Å². The van der Waals surface area contributed by atoms with E-state index in [1.165, 1.54) is 6.92 Å². The average Bonchev–Trinajstić information content (AvgIpc) is 2.26. The summed E-state index contributed by atoms with van der Waals surface area (Å²) in [5.74, 6) is -0.436. The van der Waals surface area contributed by atoms with Gasteiger partial charge >= 0.3 is 0 Å². The van der Waals surface area contributed by atoms with Crippen molar-refractivity contribution >= 4 is 12.1 Å². The van der Waals surface area contributed by atoms with Crippen LogP contribution in [0, 0.1) is 11.3 Å². The van der Waals surface area contributed by atoms with Gasteiger partial charge in [0, 0.05) is 16.7 Å². The molecule has 0 bridgehead atoms. The number of aldehydes is 1. The Hall–Kier alpha value is -2.09. The number of carbonyl (C=O) groups excluding carboxylic acids is 2. The Morgan fingerprint density at radius 2 is 2.12 bits per heavy atom. The van der Waals surface area contributed by atoms with Crippen LogP contribution in [0.15, 0.2) is 12.1 Å². The first kappa shape index (κ1) is 12.0. The van der Waals surface area contributed by atoms with Crippen LogP contribution < -0.4 is 0 Å². The highest BCUT2D eigenvalue weighted by molar-refractivity contribution is 5.96. The van der Waals surface area contributed by atoms with Crippen LogP contribution in [0.1, 0.15) is 45.2 Å². The van der Waals surface area contributed by atoms with Crippen molar-refractivity contribution in [3.05, 3.63) is 34.4 Å². The highest BCUT2D eigenvalue weighted by Crippen LogP contribution is 2.26. The van der Waals surface area contributed by atoms with Crippen molar-refractivity contribution in [3.63, 3.8) is 0 Å². The Morgan fingerprint density at radius 1 is 1.50 bits per heavy atom. The summed E-state index contributed by atoms with van der Waals surface area (Å²) >= 11 is 0. The molecule has 0 saturated heterocycles. The fraction of sp³-hybridized carbons (Fsp3) is 0.182. The molecular weight excluding hydrogens is 216 g/mol. The summed E-state index contributed by atoms with van der Waals surface area (Å²) in [5, 5.41) is 8.68. The Balaban J connectivity index is 3.57. The molecule has 0 aliphatic rings. The molecule has 5 heteroatoms. The van der Waals surface area contributed by atoms with Gasteiger partial charge in [-0.25, -0.2) is 8.78 Å². The molecule has 1 rings (SSSR count). The highest BCUT2D eigenvalue weighted by Gasteiger charge is 2.18. The third-order valence-corrected chi connectivity index (χ3v) is 2.08. The molecule has 1 aromatic rings. The van der Waals surface area contributed by atoms with Gasteiger partial charge in [0.25, 0.3) is 6.43 Å². The van der Waals surface area contributed by atoms with E-state index in [2.05, 4.69) is 0 Å². The van der Waals surface area contributed by atoms with Gasteiger partial charge in [-0.2, -0.15) is 5.26 Å². The van der Waals surface area contributed by atoms with Crippen LogP contribution in [0.2, 0.25) is 0 Å². The van der Waals surface area contributed by atoms with E-state index in [1.54, 1.807) is 6.07 Å². The molecule has 0 aliphatic heterocycles. The lowest BCUT2D eigenvalue weighted by molar-refractivity contribution is 0.101. The molecular formula is C11H7F2NO2. The van der Waals surface area contributed by atoms with Gasteiger partial charge in [-0.1, -0.05) is 0 Å². The summed E-state index contributed by atoms with van der Waals surface area (Å²) in [5.41, 5.74) is -1.16. The van der Waals surface area contributed by atoms with Gasteiger partial charge in [-0.3, -0.25) is 9.59 Å². The predicted octanol–water partition coefficient (Wildman–Crippen LogP) is 2.51. The molecule has 1 aromatic carbocycles. The van der Waals surface area contributed by atoms with Crippen molar-refractivity contribution in [2.45, 2.75) is 13.3 Å². The zero-order valence-corrected chi connectivity index (χ0v) is 8.33. The quantitative estimate of drug-likeness (QED) is 0.584. The van der Waals surface area contributed by atoms with E-state index in [4.69, 9.17) is 5.26 Å². The average molecular weight is 223 g/mol. The van der Waals surface area contributed by atoms with E-state index in [0.717, 1.165) is 12.1 Å². The molecule has 0 N–H and O–H groups in total. The van der Waals surface area contributed by atoms with E-state index >= 15 is 0 Å². The molecule has 0 unspecified atom stereocenters. The number of ketones is 1. The SMILES string of the molecule is CC(=O)c1cc(C=O)c(C#N)c(C(F)F)c1. The number of hydrogen-bond acceptors (Lipinski definition) is 3. The van der Waals surface area contributed by atoms with Crippen LogP contribution in [0.3, 0.4) is 0 Å². The predicted molar refractivity (Wildman–Crippen MR) is 51.5 cm³/mol. The van der Waals surface area contributed by atoms with Crippen molar-refractivity contribution in [3.8, 4) is 6.07 Å². The van der Waals surface area contributed by atoms with E-state index in [9.17, 15) is 18.4 Å². The summed E-state index contributed by atoms with van der Waals surface area (Å²) in [7, 11) is 0. The van der Waals surface area contributed by atoms with Crippen LogP contribution in [0.25, 0.3) is 0 Å². The number of Topliss-reactive ketones (excluding diaryl/α,β-unsaturated/α-hetero) is 1. The summed E-state index contributed by atoms with van der Waals surface area (Å²) in [6.07, 6.45) is -2.61. The van der Waals surface area contributed by atoms with Crippen LogP contribution in [-0.2, 0) is 0 Å². The molecule has 82 valence electrons. The molecule has 0 spiro atoms. The highest BCUT2D eigenvalue weighted by atomic mass is 19.3. The standard InChI is InChI=1S/C11H7F2NO2/c1-6(16)7-2-8(5-15)10(4-14)9(3-7)11(12)13/h2-3,5,11H,1H3. The topological polar surface area (TPSA) is 57.9 Å². The van der Waals surface area contributed by atoms with Crippen LogP contribution in [0.4, 0.5) is 8.78 Å². The molecule has 0 aromatic heterocycles. The zero-order valence-electron chi connectivity index (χ0n) is 8.33. The van der Waals surface area contributed by atoms with E-state index in [-0.39, 0.29) is 23.0 Å². The number of halogens is 2. The molecule has 0 radical (unpaired) electrons. The molecule has 16 heavy (non-hydrogen) atoms. The van der Waals surface area contributed by atoms with Crippen molar-refractivity contribution in [2.75, 3.05) is 0 Å². The van der Waals surface area contributed by atoms with Crippen molar-refractivity contribution in [1.29, 1.82) is 5.26 Å². The van der Waals surface area contributed by atoms with Crippen LogP contribution >= 0.6 is 0 Å². The maximum Gasteiger partial charge on any atom is 0.265 e. The number of hydrogen-bond donors (Lipinski definition) is 0. The number of nitrogens with zero attached hydrogens (tertiary/aromatic N) is 1. The summed E-state index contributed by atoms with van der Waals surface area (Å²) in [6.45, 7) is 1.20. The van der Waals surface area contributed by atoms with Crippen LogP contribution in [-0.4, -0.2) is 12.1 Å². The zero-order chi connectivity index (χ0) is 12.3. The normalized spacial score (nSPS) is 9.94. The first-order chi connectivity index (χ1) is 7.51. The Morgan fingerprint density at radius 3 is 2.50 bits per heavy atom. The van der Waals surface area contributed by atoms with Crippen LogP contribution in [0.5, 0.6) is 0 Å². The molecule has 0 atom stereocenters. The lowest BCUT2D eigenvalue weighted by Crippen LogP contribution is -2.02. The smallest absolute Gasteiger partial charge is 0.265 e. The van der Waals surface area contributed by atoms with Gasteiger partial charge in [0.05, 0.1) is 5.56 Å². The summed E-state index contributed by atoms with van der Waals surface area (Å²) in [6, 6.07) is 3.62. The van der Waals surface area contributed by atoms with E-state index in [0.29, 0.717) is 0 Å². The Bertz CT molecular complexity index is 489. The lowest BCUT2D eigenvalue weighted by Gasteiger charge is -2.07. The molecule has 0 fully saturated rings. The minimum Gasteiger partial charge on any atom is -0.298 e. The fourth-order valence-corrected chi connectivity index (χ4v) is 1.29. The molecule has 3 nitrogen and oxygen atoms in total. The Kier molecular flexibility index (Phi) is 3.46. The maximum atomic E-state index is 12.6. The third kappa shape index (κ3) is 2.11. The summed E-state index contributed by atoms with van der Waals surface area (Å²) in [4.78, 5) is 21.7. The molecule has 0 amide bonds. The van der Waals surface area contributed by atoms with Gasteiger partial charge in [-0.05, 0) is 19.1 Å². The van der Waals surface area contributed by atoms with Gasteiger partial charge < -0.3 is 0 Å². The third-order valence-electron chi connectivity index (χ3n) is 2.08. The molecule has 0 heterocycles. The second-order valence-corrected chi connectivity index (χ2v) is 3.12. The van der Waals surface area contributed by atoms with Gasteiger partial charge in [0.1, 0.15) is 6.07 Å². The van der Waals surface area contributed by atoms with Crippen molar-refractivity contribution in [1.82, 2.24) is 0 Å². The minimum absolute atomic E-state index is 0.00333. The molecule has 0 aliphatic carbocycles. The number of carbonyl (C=O) groups is 2. The van der Waals surface area contributed by atoms with E-state index < -0.39 is 17.8 Å². The minimum atomic E-state index is -2.90. The lowest BCUT2D eigenvalue weighted by atomic mass is 9.97. The fourth-order valence-electron chi connectivity index (χ4n) is 1.29. The van der Waals surface area contributed by atoms with Crippen molar-refractivity contribution in [2.24, 2.45) is 0 Å². The second kappa shape index (κ2) is 4.62. The monoisotopic (exact) mass is 223 g/mol. The Labute approximate surface area is 90.3 Å².